The lowest BCUT2D eigenvalue weighted by Gasteiger charge is -2.37. The lowest BCUT2D eigenvalue weighted by atomic mass is 9.95. The summed E-state index contributed by atoms with van der Waals surface area (Å²) in [7, 11) is 0. The first kappa shape index (κ1) is 58.3. The molecule has 4 N–H and O–H groups in total. The summed E-state index contributed by atoms with van der Waals surface area (Å²) >= 11 is 1.53. The number of ether oxygens (including phenoxy) is 4. The quantitative estimate of drug-likeness (QED) is 0.0446. The van der Waals surface area contributed by atoms with Crippen LogP contribution in [0.25, 0.3) is 21.6 Å². The van der Waals surface area contributed by atoms with Gasteiger partial charge >= 0.3 is 0 Å². The second kappa shape index (κ2) is 26.5. The molecule has 81 heavy (non-hydrogen) atoms. The molecular formula is C63H75N7O10S. The van der Waals surface area contributed by atoms with E-state index in [1.54, 1.807) is 16.5 Å². The van der Waals surface area contributed by atoms with Gasteiger partial charge in [0.25, 0.3) is 17.4 Å². The number of hydrogen-bond acceptors (Lipinski definition) is 13. The number of hydrogen-bond donors (Lipinski definition) is 4. The first-order chi connectivity index (χ1) is 39.1. The number of amides is 4. The highest BCUT2D eigenvalue weighted by molar-refractivity contribution is 7.13. The van der Waals surface area contributed by atoms with Crippen molar-refractivity contribution >= 4 is 40.7 Å². The number of nitrogens with one attached hydrogen (secondary N) is 3. The third kappa shape index (κ3) is 13.5. The molecule has 3 aliphatic heterocycles. The monoisotopic (exact) mass is 1120 g/mol. The fourth-order valence-corrected chi connectivity index (χ4v) is 12.2. The summed E-state index contributed by atoms with van der Waals surface area (Å²) in [6, 6.07) is 25.6. The Morgan fingerprint density at radius 3 is 2.36 bits per heavy atom. The molecule has 6 aromatic rings. The normalized spacial score (nSPS) is 16.6. The van der Waals surface area contributed by atoms with Crippen molar-refractivity contribution in [3.8, 4) is 33.1 Å². The molecule has 4 amide bonds. The van der Waals surface area contributed by atoms with Crippen LogP contribution in [0.1, 0.15) is 106 Å². The van der Waals surface area contributed by atoms with Gasteiger partial charge in [0.15, 0.2) is 0 Å². The average molecular weight is 1120 g/mol. The van der Waals surface area contributed by atoms with E-state index in [4.69, 9.17) is 18.9 Å². The van der Waals surface area contributed by atoms with Gasteiger partial charge in [0.1, 0.15) is 30.2 Å². The summed E-state index contributed by atoms with van der Waals surface area (Å²) in [5.74, 6) is -0.201. The number of H-pyrrole nitrogens is 1. The van der Waals surface area contributed by atoms with E-state index in [1.807, 2.05) is 114 Å². The Bertz CT molecular complexity index is 3280. The van der Waals surface area contributed by atoms with E-state index in [1.165, 1.54) is 16.2 Å². The molecular weight excluding hydrogens is 1050 g/mol. The summed E-state index contributed by atoms with van der Waals surface area (Å²) in [6.07, 6.45) is 1.61. The van der Waals surface area contributed by atoms with Gasteiger partial charge < -0.3 is 54.4 Å². The van der Waals surface area contributed by atoms with Gasteiger partial charge in [-0.15, -0.1) is 11.3 Å². The first-order valence-corrected chi connectivity index (χ1v) is 29.1. The highest BCUT2D eigenvalue weighted by Crippen LogP contribution is 2.36. The molecule has 0 saturated carbocycles. The Hall–Kier alpha value is -7.38. The summed E-state index contributed by atoms with van der Waals surface area (Å²) < 4.78 is 24.2. The predicted molar refractivity (Wildman–Crippen MR) is 313 cm³/mol. The van der Waals surface area contributed by atoms with Gasteiger partial charge in [0.05, 0.1) is 35.4 Å². The molecule has 2 fully saturated rings. The SMILES string of the molecule is CCN(c1cc(-c2ccc(OCCCOCCOc3cc(-c4scnc4C)ccc3CNC(=O)[C@@H]3C[C@@H](O)CN3C(=O)[C@H](C(C)C)N3Cc4ccccc4C3=O)cc2)cc(C(=O)NCc2c(C)cc(C)[nH]c2=O)c1C)C1CCOCC1. The van der Waals surface area contributed by atoms with Crippen LogP contribution in [0.3, 0.4) is 0 Å². The zero-order chi connectivity index (χ0) is 57.3. The number of carbonyl (C=O) groups excluding carboxylic acids is 4. The number of anilines is 1. The lowest BCUT2D eigenvalue weighted by Crippen LogP contribution is -2.55. The number of benzene rings is 4. The number of thiazole rings is 1. The van der Waals surface area contributed by atoms with Crippen LogP contribution < -0.4 is 30.6 Å². The zero-order valence-electron chi connectivity index (χ0n) is 47.5. The number of fused-ring (bicyclic) bond motifs is 1. The number of aromatic nitrogens is 2. The van der Waals surface area contributed by atoms with E-state index in [0.717, 1.165) is 80.3 Å². The smallest absolute Gasteiger partial charge is 0.255 e. The Morgan fingerprint density at radius 2 is 1.64 bits per heavy atom. The molecule has 9 rings (SSSR count). The number of likely N-dealkylation sites (tertiary alicyclic amines) is 1. The topological polar surface area (TPSA) is 205 Å². The molecule has 5 heterocycles. The zero-order valence-corrected chi connectivity index (χ0v) is 48.3. The number of aliphatic hydroxyl groups excluding tert-OH is 1. The minimum absolute atomic E-state index is 0.00958. The van der Waals surface area contributed by atoms with Crippen LogP contribution in [-0.4, -0.2) is 125 Å². The van der Waals surface area contributed by atoms with E-state index < -0.39 is 24.1 Å². The Morgan fingerprint density at radius 1 is 0.877 bits per heavy atom. The second-order valence-electron chi connectivity index (χ2n) is 21.6. The predicted octanol–water partition coefficient (Wildman–Crippen LogP) is 8.46. The van der Waals surface area contributed by atoms with Crippen molar-refractivity contribution in [3.63, 3.8) is 0 Å². The van der Waals surface area contributed by atoms with E-state index in [9.17, 15) is 29.1 Å². The number of nitrogens with zero attached hydrogens (tertiary/aromatic N) is 4. The van der Waals surface area contributed by atoms with Crippen molar-refractivity contribution in [2.75, 3.05) is 57.6 Å². The van der Waals surface area contributed by atoms with E-state index in [0.29, 0.717) is 74.2 Å². The molecule has 0 aliphatic carbocycles. The molecule has 18 heteroatoms. The Balaban J connectivity index is 0.790. The molecule has 17 nitrogen and oxygen atoms in total. The van der Waals surface area contributed by atoms with Gasteiger partial charge in [-0.25, -0.2) is 4.98 Å². The molecule has 0 unspecified atom stereocenters. The van der Waals surface area contributed by atoms with Crippen molar-refractivity contribution in [2.24, 2.45) is 5.92 Å². The molecule has 4 aromatic carbocycles. The first-order valence-electron chi connectivity index (χ1n) is 28.2. The van der Waals surface area contributed by atoms with Crippen LogP contribution >= 0.6 is 11.3 Å². The highest BCUT2D eigenvalue weighted by Gasteiger charge is 2.46. The van der Waals surface area contributed by atoms with Gasteiger partial charge in [0, 0.05) is 105 Å². The maximum atomic E-state index is 14.3. The molecule has 2 aromatic heterocycles. The molecule has 428 valence electrons. The highest BCUT2D eigenvalue weighted by atomic mass is 32.1. The van der Waals surface area contributed by atoms with E-state index in [2.05, 4.69) is 38.5 Å². The van der Waals surface area contributed by atoms with Crippen molar-refractivity contribution in [3.05, 3.63) is 151 Å². The fraction of sp³-hybridized carbons (Fsp3) is 0.429. The third-order valence-electron chi connectivity index (χ3n) is 15.7. The molecule has 3 aliphatic rings. The average Bonchev–Trinajstić information content (AvgIpc) is 4.37. The number of β-amino-alcohol motifs (C(OH)–C–C–N with tert-alkyl or cyclic N) is 1. The van der Waals surface area contributed by atoms with Crippen LogP contribution in [0.5, 0.6) is 11.5 Å². The number of aromatic amines is 1. The molecule has 2 saturated heterocycles. The second-order valence-corrected chi connectivity index (χ2v) is 22.4. The molecule has 3 atom stereocenters. The van der Waals surface area contributed by atoms with Crippen LogP contribution in [-0.2, 0) is 38.7 Å². The van der Waals surface area contributed by atoms with Crippen LogP contribution in [0, 0.1) is 33.6 Å². The maximum absolute atomic E-state index is 14.3. The third-order valence-corrected chi connectivity index (χ3v) is 16.6. The van der Waals surface area contributed by atoms with Crippen molar-refractivity contribution < 1.29 is 43.2 Å². The number of pyridine rings is 1. The number of carbonyl (C=O) groups is 4. The largest absolute Gasteiger partial charge is 0.494 e. The standard InChI is InChI=1S/C63H75N7O10S/c1-8-68(48-20-24-78-25-21-48)54-30-47(29-52(41(54)6)59(72)65-34-53-39(4)28-40(5)67-60(53)73)43-16-18-50(19-17-43)79-23-11-22-77-26-27-80-56-31-44(58-42(7)66-37-81-58)14-15-45(56)33-64-61(74)55-32-49(71)36-69(55)63(76)57(38(2)3)70-35-46-12-9-10-13-51(46)62(70)75/h9-10,12-19,28-31,37-38,48-49,55,57,71H,8,11,20-27,32-36H2,1-7H3,(H,64,74)(H,65,72)(H,67,73)/t49-,55+,57+/m1/s1. The van der Waals surface area contributed by atoms with Crippen LogP contribution in [0.15, 0.2) is 95.2 Å². The minimum Gasteiger partial charge on any atom is -0.494 e. The minimum atomic E-state index is -0.924. The van der Waals surface area contributed by atoms with Crippen molar-refractivity contribution in [1.29, 1.82) is 0 Å². The van der Waals surface area contributed by atoms with E-state index >= 15 is 0 Å². The fourth-order valence-electron chi connectivity index (χ4n) is 11.4. The Kier molecular flexibility index (Phi) is 19.0. The van der Waals surface area contributed by atoms with Crippen LogP contribution in [0.2, 0.25) is 0 Å². The van der Waals surface area contributed by atoms with Gasteiger partial charge in [-0.2, -0.15) is 0 Å². The van der Waals surface area contributed by atoms with Gasteiger partial charge in [-0.3, -0.25) is 24.0 Å². The summed E-state index contributed by atoms with van der Waals surface area (Å²) in [5.41, 5.74) is 11.9. The van der Waals surface area contributed by atoms with Crippen molar-refractivity contribution in [2.45, 2.75) is 118 Å². The number of aliphatic hydroxyl groups is 1. The maximum Gasteiger partial charge on any atom is 0.255 e. The molecule has 0 radical (unpaired) electrons. The lowest BCUT2D eigenvalue weighted by molar-refractivity contribution is -0.143. The van der Waals surface area contributed by atoms with E-state index in [-0.39, 0.29) is 67.9 Å². The van der Waals surface area contributed by atoms with Crippen LogP contribution in [0.4, 0.5) is 5.69 Å². The number of rotatable bonds is 23. The summed E-state index contributed by atoms with van der Waals surface area (Å²) in [6.45, 7) is 17.6. The van der Waals surface area contributed by atoms with Gasteiger partial charge in [0.2, 0.25) is 11.8 Å². The van der Waals surface area contributed by atoms with Crippen molar-refractivity contribution in [1.82, 2.24) is 30.4 Å². The number of aryl methyl sites for hydroxylation is 3. The summed E-state index contributed by atoms with van der Waals surface area (Å²) in [4.78, 5) is 82.4. The van der Waals surface area contributed by atoms with Gasteiger partial charge in [-0.05, 0) is 129 Å². The molecule has 0 spiro atoms. The van der Waals surface area contributed by atoms with Gasteiger partial charge in [-0.1, -0.05) is 56.3 Å². The summed E-state index contributed by atoms with van der Waals surface area (Å²) in [5, 5.41) is 16.9. The molecule has 0 bridgehead atoms. The Labute approximate surface area is 478 Å².